The highest BCUT2D eigenvalue weighted by molar-refractivity contribution is 6.10. The van der Waals surface area contributed by atoms with E-state index in [0.29, 0.717) is 0 Å². The van der Waals surface area contributed by atoms with Crippen LogP contribution in [0.15, 0.2) is 96.8 Å². The monoisotopic (exact) mass is 393 g/mol. The van der Waals surface area contributed by atoms with E-state index in [1.54, 1.807) is 0 Å². The van der Waals surface area contributed by atoms with E-state index < -0.39 is 0 Å². The van der Waals surface area contributed by atoms with Crippen molar-refractivity contribution in [2.45, 2.75) is 19.8 Å². The lowest BCUT2D eigenvalue weighted by Gasteiger charge is -1.97. The smallest absolute Gasteiger partial charge is 0.208 e. The van der Waals surface area contributed by atoms with Crippen LogP contribution in [0.5, 0.6) is 0 Å². The minimum atomic E-state index is 0.894. The highest BCUT2D eigenvalue weighted by Gasteiger charge is 2.26. The molecular formula is C28H29N2+. The number of benzene rings is 2. The molecule has 2 nitrogen and oxygen atoms in total. The van der Waals surface area contributed by atoms with Gasteiger partial charge in [-0.05, 0) is 30.9 Å². The molecule has 1 aliphatic heterocycles. The maximum Gasteiger partial charge on any atom is 0.208 e. The van der Waals surface area contributed by atoms with E-state index in [1.807, 2.05) is 6.92 Å². The Morgan fingerprint density at radius 3 is 2.67 bits per heavy atom. The van der Waals surface area contributed by atoms with Crippen molar-refractivity contribution >= 4 is 33.5 Å². The molecule has 0 fully saturated rings. The van der Waals surface area contributed by atoms with Crippen molar-refractivity contribution in [1.29, 1.82) is 0 Å². The molecule has 0 amide bonds. The largest absolute Gasteiger partial charge is 0.344 e. The van der Waals surface area contributed by atoms with Crippen LogP contribution in [0.2, 0.25) is 0 Å². The second-order valence-electron chi connectivity index (χ2n) is 7.77. The molecule has 30 heavy (non-hydrogen) atoms. The standard InChI is InChI=1S/C28H29N2/c1-5-6-7-8-9-15-23-20-21(2)25(29(23)3)17-12-18-26-24-16-10-13-22-14-11-19-27(28(22)24)30(26)4/h5-6,8-19H,2,7,20H2,1,3-4H3/q+1/b6-5-,9-8-,23-15+. The molecule has 0 unspecified atom stereocenters. The van der Waals surface area contributed by atoms with E-state index in [2.05, 4.69) is 115 Å². The predicted molar refractivity (Wildman–Crippen MR) is 131 cm³/mol. The molecule has 2 heterocycles. The van der Waals surface area contributed by atoms with Gasteiger partial charge in [0.15, 0.2) is 5.70 Å². The minimum Gasteiger partial charge on any atom is -0.344 e. The molecule has 0 saturated carbocycles. The van der Waals surface area contributed by atoms with Gasteiger partial charge in [0, 0.05) is 46.4 Å². The first-order valence-corrected chi connectivity index (χ1v) is 10.5. The Hall–Kier alpha value is -3.39. The molecule has 0 aliphatic carbocycles. The Morgan fingerprint density at radius 1 is 1.07 bits per heavy atom. The summed E-state index contributed by atoms with van der Waals surface area (Å²) in [6, 6.07) is 13.0. The van der Waals surface area contributed by atoms with Crippen LogP contribution in [-0.4, -0.2) is 21.9 Å². The lowest BCUT2D eigenvalue weighted by molar-refractivity contribution is -0.437. The summed E-state index contributed by atoms with van der Waals surface area (Å²) < 4.78 is 4.52. The number of aromatic nitrogens is 1. The van der Waals surface area contributed by atoms with Gasteiger partial charge in [0.25, 0.3) is 0 Å². The topological polar surface area (TPSA) is 7.94 Å². The van der Waals surface area contributed by atoms with Crippen LogP contribution in [0.4, 0.5) is 0 Å². The highest BCUT2D eigenvalue weighted by atomic mass is 15.0. The molecule has 0 atom stereocenters. The van der Waals surface area contributed by atoms with Crippen molar-refractivity contribution in [3.05, 3.63) is 102 Å². The van der Waals surface area contributed by atoms with Crippen LogP contribution in [-0.2, 0) is 7.05 Å². The van der Waals surface area contributed by atoms with Crippen LogP contribution in [0, 0.1) is 0 Å². The molecule has 4 rings (SSSR count). The van der Waals surface area contributed by atoms with Gasteiger partial charge in [0.05, 0.1) is 6.42 Å². The van der Waals surface area contributed by atoms with Crippen molar-refractivity contribution < 1.29 is 4.58 Å². The van der Waals surface area contributed by atoms with Crippen LogP contribution >= 0.6 is 0 Å². The van der Waals surface area contributed by atoms with E-state index in [0.717, 1.165) is 18.4 Å². The third-order valence-corrected chi connectivity index (χ3v) is 5.87. The summed E-state index contributed by atoms with van der Waals surface area (Å²) in [6.45, 7) is 6.33. The zero-order valence-corrected chi connectivity index (χ0v) is 18.1. The molecule has 0 saturated heterocycles. The summed E-state index contributed by atoms with van der Waals surface area (Å²) in [7, 11) is 4.26. The van der Waals surface area contributed by atoms with Gasteiger partial charge in [-0.2, -0.15) is 4.58 Å². The fraction of sp³-hybridized carbons (Fsp3) is 0.179. The number of nitrogens with zero attached hydrogens (tertiary/aromatic N) is 2. The van der Waals surface area contributed by atoms with Gasteiger partial charge in [-0.1, -0.05) is 67.3 Å². The summed E-state index contributed by atoms with van der Waals surface area (Å²) in [5.74, 6) is 0. The third kappa shape index (κ3) is 3.61. The third-order valence-electron chi connectivity index (χ3n) is 5.87. The summed E-state index contributed by atoms with van der Waals surface area (Å²) >= 11 is 0. The van der Waals surface area contributed by atoms with Gasteiger partial charge >= 0.3 is 0 Å². The molecule has 2 heteroatoms. The van der Waals surface area contributed by atoms with Crippen LogP contribution < -0.4 is 5.35 Å². The summed E-state index contributed by atoms with van der Waals surface area (Å²) in [5.41, 5.74) is 4.88. The van der Waals surface area contributed by atoms with E-state index in [9.17, 15) is 0 Å². The fourth-order valence-corrected chi connectivity index (χ4v) is 4.25. The zero-order valence-electron chi connectivity index (χ0n) is 18.1. The Kier molecular flexibility index (Phi) is 5.67. The Morgan fingerprint density at radius 2 is 1.87 bits per heavy atom. The summed E-state index contributed by atoms with van der Waals surface area (Å²) in [6.07, 6.45) is 19.1. The molecule has 0 N–H and O–H groups in total. The van der Waals surface area contributed by atoms with Gasteiger partial charge in [0.1, 0.15) is 7.05 Å². The number of allylic oxidation sites excluding steroid dienone is 8. The Balaban J connectivity index is 1.67. The maximum absolute atomic E-state index is 4.29. The molecule has 1 aliphatic rings. The van der Waals surface area contributed by atoms with Crippen molar-refractivity contribution in [2.75, 3.05) is 7.05 Å². The molecular weight excluding hydrogens is 364 g/mol. The van der Waals surface area contributed by atoms with Crippen LogP contribution in [0.25, 0.3) is 27.8 Å². The SMILES string of the molecule is C=C1C/C(=C\C=C/C/C=C\C)[N+](C)=C1/C=C/C=c1\c2cccc3cccc(c32)n1C. The van der Waals surface area contributed by atoms with Crippen molar-refractivity contribution in [3.63, 3.8) is 0 Å². The summed E-state index contributed by atoms with van der Waals surface area (Å²) in [5, 5.41) is 5.16. The average Bonchev–Trinajstić information content (AvgIpc) is 3.18. The first-order valence-electron chi connectivity index (χ1n) is 10.5. The second kappa shape index (κ2) is 8.54. The first-order chi connectivity index (χ1) is 14.6. The molecule has 0 spiro atoms. The van der Waals surface area contributed by atoms with Gasteiger partial charge in [-0.25, -0.2) is 0 Å². The van der Waals surface area contributed by atoms with Crippen molar-refractivity contribution in [2.24, 2.45) is 7.05 Å². The van der Waals surface area contributed by atoms with Gasteiger partial charge in [-0.3, -0.25) is 0 Å². The molecule has 3 aromatic rings. The van der Waals surface area contributed by atoms with Crippen LogP contribution in [0.3, 0.4) is 0 Å². The lowest BCUT2D eigenvalue weighted by atomic mass is 10.1. The van der Waals surface area contributed by atoms with E-state index in [1.165, 1.54) is 38.4 Å². The van der Waals surface area contributed by atoms with E-state index in [4.69, 9.17) is 0 Å². The van der Waals surface area contributed by atoms with E-state index in [-0.39, 0.29) is 0 Å². The minimum absolute atomic E-state index is 0.894. The maximum atomic E-state index is 4.29. The van der Waals surface area contributed by atoms with Crippen molar-refractivity contribution in [3.8, 4) is 0 Å². The predicted octanol–water partition coefficient (Wildman–Crippen LogP) is 5.84. The molecule has 0 radical (unpaired) electrons. The molecule has 150 valence electrons. The number of hydrogen-bond acceptors (Lipinski definition) is 0. The second-order valence-corrected chi connectivity index (χ2v) is 7.77. The van der Waals surface area contributed by atoms with Crippen molar-refractivity contribution in [1.82, 2.24) is 4.57 Å². The zero-order chi connectivity index (χ0) is 21.1. The molecule has 1 aromatic heterocycles. The lowest BCUT2D eigenvalue weighted by Crippen LogP contribution is -2.12. The van der Waals surface area contributed by atoms with E-state index >= 15 is 0 Å². The number of aryl methyl sites for hydroxylation is 1. The number of rotatable bonds is 5. The van der Waals surface area contributed by atoms with Gasteiger partial charge in [0.2, 0.25) is 5.71 Å². The first kappa shape index (κ1) is 19.9. The fourth-order valence-electron chi connectivity index (χ4n) is 4.25. The highest BCUT2D eigenvalue weighted by Crippen LogP contribution is 2.25. The van der Waals surface area contributed by atoms with Gasteiger partial charge in [-0.15, -0.1) is 0 Å². The summed E-state index contributed by atoms with van der Waals surface area (Å²) in [4.78, 5) is 0. The Labute approximate surface area is 178 Å². The number of hydrogen-bond donors (Lipinski definition) is 0. The normalized spacial score (nSPS) is 17.6. The van der Waals surface area contributed by atoms with Crippen LogP contribution in [0.1, 0.15) is 19.8 Å². The van der Waals surface area contributed by atoms with Gasteiger partial charge < -0.3 is 4.57 Å². The quantitative estimate of drug-likeness (QED) is 0.380. The molecule has 2 aromatic carbocycles. The average molecular weight is 394 g/mol. The Bertz CT molecular complexity index is 1310. The molecule has 0 bridgehead atoms.